The van der Waals surface area contributed by atoms with Crippen molar-refractivity contribution in [3.63, 3.8) is 0 Å². The van der Waals surface area contributed by atoms with Gasteiger partial charge >= 0.3 is 0 Å². The summed E-state index contributed by atoms with van der Waals surface area (Å²) >= 11 is 0. The first-order valence-electron chi connectivity index (χ1n) is 9.39. The van der Waals surface area contributed by atoms with Gasteiger partial charge in [0.15, 0.2) is 0 Å². The van der Waals surface area contributed by atoms with Gasteiger partial charge in [-0.05, 0) is 67.4 Å². The van der Waals surface area contributed by atoms with Gasteiger partial charge in [-0.15, -0.1) is 0 Å². The Balaban J connectivity index is 1.61. The molecule has 0 saturated carbocycles. The SMILES string of the molecule is CC1(C)C(=O)Nc2ccc(NC(=O)C(Cc3ccco3)c3ccc(F)cc3)cc21. The maximum Gasteiger partial charge on any atom is 0.234 e. The Labute approximate surface area is 167 Å². The van der Waals surface area contributed by atoms with Crippen LogP contribution in [0.4, 0.5) is 15.8 Å². The number of nitrogens with one attached hydrogen (secondary N) is 2. The Morgan fingerprint density at radius 2 is 1.93 bits per heavy atom. The monoisotopic (exact) mass is 392 g/mol. The van der Waals surface area contributed by atoms with Crippen LogP contribution >= 0.6 is 0 Å². The first-order chi connectivity index (χ1) is 13.8. The predicted molar refractivity (Wildman–Crippen MR) is 108 cm³/mol. The molecule has 0 aliphatic carbocycles. The van der Waals surface area contributed by atoms with Crippen molar-refractivity contribution >= 4 is 23.2 Å². The van der Waals surface area contributed by atoms with Gasteiger partial charge in [0.05, 0.1) is 17.6 Å². The highest BCUT2D eigenvalue weighted by Crippen LogP contribution is 2.39. The number of halogens is 1. The summed E-state index contributed by atoms with van der Waals surface area (Å²) in [6, 6.07) is 14.8. The number of benzene rings is 2. The molecule has 2 N–H and O–H groups in total. The van der Waals surface area contributed by atoms with Crippen molar-refractivity contribution < 1.29 is 18.4 Å². The number of fused-ring (bicyclic) bond motifs is 1. The van der Waals surface area contributed by atoms with E-state index in [9.17, 15) is 14.0 Å². The zero-order valence-corrected chi connectivity index (χ0v) is 16.2. The minimum atomic E-state index is -0.666. The van der Waals surface area contributed by atoms with Gasteiger partial charge in [0.1, 0.15) is 11.6 Å². The molecule has 0 saturated heterocycles. The smallest absolute Gasteiger partial charge is 0.234 e. The molecule has 2 amide bonds. The van der Waals surface area contributed by atoms with Crippen LogP contribution in [-0.4, -0.2) is 11.8 Å². The van der Waals surface area contributed by atoms with E-state index in [1.165, 1.54) is 12.1 Å². The molecule has 1 aromatic heterocycles. The highest BCUT2D eigenvalue weighted by Gasteiger charge is 2.38. The molecule has 1 aliphatic heterocycles. The van der Waals surface area contributed by atoms with Crippen LogP contribution in [0.2, 0.25) is 0 Å². The number of amides is 2. The maximum absolute atomic E-state index is 13.4. The van der Waals surface area contributed by atoms with Gasteiger partial charge in [0.25, 0.3) is 0 Å². The average molecular weight is 392 g/mol. The number of carbonyl (C=O) groups is 2. The second kappa shape index (κ2) is 7.20. The van der Waals surface area contributed by atoms with Crippen LogP contribution in [-0.2, 0) is 21.4 Å². The molecule has 148 valence electrons. The summed E-state index contributed by atoms with van der Waals surface area (Å²) in [5, 5.41) is 5.79. The van der Waals surface area contributed by atoms with Gasteiger partial charge in [-0.3, -0.25) is 9.59 Å². The summed E-state index contributed by atoms with van der Waals surface area (Å²) in [5.74, 6) is -0.549. The number of carbonyl (C=O) groups excluding carboxylic acids is 2. The van der Waals surface area contributed by atoms with Crippen LogP contribution in [0, 0.1) is 5.82 Å². The van der Waals surface area contributed by atoms with E-state index in [0.717, 1.165) is 11.3 Å². The second-order valence-corrected chi connectivity index (χ2v) is 7.72. The summed E-state index contributed by atoms with van der Waals surface area (Å²) in [4.78, 5) is 25.3. The quantitative estimate of drug-likeness (QED) is 0.666. The number of furan rings is 1. The van der Waals surface area contributed by atoms with Crippen molar-refractivity contribution in [3.05, 3.63) is 83.6 Å². The lowest BCUT2D eigenvalue weighted by atomic mass is 9.86. The molecule has 2 aromatic carbocycles. The van der Waals surface area contributed by atoms with Crippen molar-refractivity contribution in [2.24, 2.45) is 0 Å². The van der Waals surface area contributed by atoms with Crippen LogP contribution in [0.5, 0.6) is 0 Å². The molecule has 4 rings (SSSR count). The van der Waals surface area contributed by atoms with Gasteiger partial charge in [-0.2, -0.15) is 0 Å². The molecule has 0 radical (unpaired) electrons. The molecule has 0 fully saturated rings. The Morgan fingerprint density at radius 3 is 2.62 bits per heavy atom. The van der Waals surface area contributed by atoms with E-state index in [-0.39, 0.29) is 17.6 Å². The van der Waals surface area contributed by atoms with Crippen molar-refractivity contribution in [1.82, 2.24) is 0 Å². The van der Waals surface area contributed by atoms with Crippen molar-refractivity contribution in [2.75, 3.05) is 10.6 Å². The van der Waals surface area contributed by atoms with E-state index >= 15 is 0 Å². The molecule has 1 unspecified atom stereocenters. The molecular formula is C23H21FN2O3. The van der Waals surface area contributed by atoms with Crippen LogP contribution in [0.15, 0.2) is 65.3 Å². The highest BCUT2D eigenvalue weighted by atomic mass is 19.1. The van der Waals surface area contributed by atoms with Gasteiger partial charge in [-0.25, -0.2) is 4.39 Å². The third-order valence-electron chi connectivity index (χ3n) is 5.35. The van der Waals surface area contributed by atoms with E-state index in [1.54, 1.807) is 42.7 Å². The zero-order chi connectivity index (χ0) is 20.6. The molecule has 3 aromatic rings. The largest absolute Gasteiger partial charge is 0.469 e. The third kappa shape index (κ3) is 3.66. The Hall–Kier alpha value is -3.41. The fourth-order valence-electron chi connectivity index (χ4n) is 3.57. The van der Waals surface area contributed by atoms with E-state index in [1.807, 2.05) is 19.9 Å². The number of hydrogen-bond acceptors (Lipinski definition) is 3. The summed E-state index contributed by atoms with van der Waals surface area (Å²) in [6.07, 6.45) is 1.91. The topological polar surface area (TPSA) is 71.3 Å². The lowest BCUT2D eigenvalue weighted by Crippen LogP contribution is -2.27. The minimum Gasteiger partial charge on any atom is -0.469 e. The number of anilines is 2. The first kappa shape index (κ1) is 18.9. The molecule has 2 heterocycles. The Morgan fingerprint density at radius 1 is 1.17 bits per heavy atom. The highest BCUT2D eigenvalue weighted by molar-refractivity contribution is 6.06. The Bertz CT molecular complexity index is 1060. The van der Waals surface area contributed by atoms with Crippen molar-refractivity contribution in [1.29, 1.82) is 0 Å². The van der Waals surface area contributed by atoms with Crippen molar-refractivity contribution in [2.45, 2.75) is 31.6 Å². The normalized spacial score (nSPS) is 15.5. The molecule has 0 bridgehead atoms. The standard InChI is InChI=1S/C23H21FN2O3/c1-23(2)19-12-16(9-10-20(19)26-22(23)28)25-21(27)18(13-17-4-3-11-29-17)14-5-7-15(24)8-6-14/h3-12,18H,13H2,1-2H3,(H,25,27)(H,26,28). The van der Waals surface area contributed by atoms with Gasteiger partial charge in [-0.1, -0.05) is 12.1 Å². The second-order valence-electron chi connectivity index (χ2n) is 7.72. The first-order valence-corrected chi connectivity index (χ1v) is 9.39. The third-order valence-corrected chi connectivity index (χ3v) is 5.35. The molecule has 5 nitrogen and oxygen atoms in total. The van der Waals surface area contributed by atoms with Crippen molar-refractivity contribution in [3.8, 4) is 0 Å². The van der Waals surface area contributed by atoms with Gasteiger partial charge in [0, 0.05) is 17.8 Å². The summed E-state index contributed by atoms with van der Waals surface area (Å²) in [7, 11) is 0. The van der Waals surface area contributed by atoms with E-state index in [4.69, 9.17) is 4.42 Å². The summed E-state index contributed by atoms with van der Waals surface area (Å²) in [6.45, 7) is 3.69. The minimum absolute atomic E-state index is 0.0713. The summed E-state index contributed by atoms with van der Waals surface area (Å²) in [5.41, 5.74) is 2.22. The summed E-state index contributed by atoms with van der Waals surface area (Å²) < 4.78 is 18.8. The molecule has 1 aliphatic rings. The lowest BCUT2D eigenvalue weighted by Gasteiger charge is -2.19. The van der Waals surface area contributed by atoms with E-state index < -0.39 is 11.3 Å². The lowest BCUT2D eigenvalue weighted by molar-refractivity contribution is -0.119. The molecule has 1 atom stereocenters. The fourth-order valence-corrected chi connectivity index (χ4v) is 3.57. The maximum atomic E-state index is 13.4. The van der Waals surface area contributed by atoms with Crippen LogP contribution < -0.4 is 10.6 Å². The van der Waals surface area contributed by atoms with Gasteiger partial charge < -0.3 is 15.1 Å². The Kier molecular flexibility index (Phi) is 4.70. The predicted octanol–water partition coefficient (Wildman–Crippen LogP) is 4.61. The zero-order valence-electron chi connectivity index (χ0n) is 16.2. The molecule has 0 spiro atoms. The molecular weight excluding hydrogens is 371 g/mol. The average Bonchev–Trinajstić information content (AvgIpc) is 3.28. The van der Waals surface area contributed by atoms with E-state index in [0.29, 0.717) is 23.4 Å². The van der Waals surface area contributed by atoms with Crippen LogP contribution in [0.25, 0.3) is 0 Å². The molecule has 29 heavy (non-hydrogen) atoms. The molecule has 6 heteroatoms. The van der Waals surface area contributed by atoms with Crippen LogP contribution in [0.1, 0.15) is 36.7 Å². The number of rotatable bonds is 5. The number of hydrogen-bond donors (Lipinski definition) is 2. The van der Waals surface area contributed by atoms with E-state index in [2.05, 4.69) is 10.6 Å². The fraction of sp³-hybridized carbons (Fsp3) is 0.217. The van der Waals surface area contributed by atoms with Gasteiger partial charge in [0.2, 0.25) is 11.8 Å². The van der Waals surface area contributed by atoms with Crippen LogP contribution in [0.3, 0.4) is 0 Å².